The normalized spacial score (nSPS) is 33.7. The molecule has 0 radical (unpaired) electrons. The van der Waals surface area contributed by atoms with Crippen molar-refractivity contribution in [1.29, 1.82) is 0 Å². The Kier molecular flexibility index (Phi) is 5.70. The summed E-state index contributed by atoms with van der Waals surface area (Å²) in [5.74, 6) is 1.24. The van der Waals surface area contributed by atoms with Gasteiger partial charge < -0.3 is 5.73 Å². The fourth-order valence-corrected chi connectivity index (χ4v) is 9.24. The molecule has 1 aromatic rings. The first-order valence-corrected chi connectivity index (χ1v) is 14.1. The van der Waals surface area contributed by atoms with Gasteiger partial charge in [0, 0.05) is 18.3 Å². The minimum absolute atomic E-state index is 0.185. The van der Waals surface area contributed by atoms with Crippen LogP contribution in [0.3, 0.4) is 0 Å². The molecule has 0 heterocycles. The molecule has 7 heteroatoms. The molecule has 2 atom stereocenters. The van der Waals surface area contributed by atoms with E-state index in [0.29, 0.717) is 36.5 Å². The first kappa shape index (κ1) is 23.0. The zero-order valence-corrected chi connectivity index (χ0v) is 19.9. The molecule has 5 aliphatic rings. The topological polar surface area (TPSA) is 94.3 Å². The van der Waals surface area contributed by atoms with Crippen molar-refractivity contribution >= 4 is 21.5 Å². The van der Waals surface area contributed by atoms with Gasteiger partial charge in [0.05, 0.1) is 5.75 Å². The van der Waals surface area contributed by atoms with E-state index in [1.807, 2.05) is 0 Å². The summed E-state index contributed by atoms with van der Waals surface area (Å²) in [5.41, 5.74) is 5.13. The monoisotopic (exact) mass is 475 g/mol. The highest BCUT2D eigenvalue weighted by atomic mass is 32.2. The first-order chi connectivity index (χ1) is 15.6. The molecular weight excluding hydrogens is 441 g/mol. The highest BCUT2D eigenvalue weighted by molar-refractivity contribution is 7.91. The molecule has 5 nitrogen and oxygen atoms in total. The number of hydrogen-bond donors (Lipinski definition) is 1. The van der Waals surface area contributed by atoms with Crippen molar-refractivity contribution in [2.75, 3.05) is 5.75 Å². The van der Waals surface area contributed by atoms with Crippen LogP contribution in [0.5, 0.6) is 0 Å². The van der Waals surface area contributed by atoms with Crippen LogP contribution < -0.4 is 5.73 Å². The van der Waals surface area contributed by atoms with Crippen LogP contribution in [-0.4, -0.2) is 25.9 Å². The molecule has 0 aliphatic heterocycles. The lowest BCUT2D eigenvalue weighted by atomic mass is 9.44. The maximum atomic E-state index is 14.0. The van der Waals surface area contributed by atoms with E-state index >= 15 is 0 Å². The molecule has 0 spiro atoms. The predicted molar refractivity (Wildman–Crippen MR) is 122 cm³/mol. The fourth-order valence-electron chi connectivity index (χ4n) is 7.71. The second-order valence-electron chi connectivity index (χ2n) is 11.5. The molecule has 180 valence electrons. The summed E-state index contributed by atoms with van der Waals surface area (Å²) < 4.78 is 39.4. The summed E-state index contributed by atoms with van der Waals surface area (Å²) in [7, 11) is -3.75. The second kappa shape index (κ2) is 8.17. The molecular formula is C26H34FNO4S. The average Bonchev–Trinajstić information content (AvgIpc) is 3.55. The van der Waals surface area contributed by atoms with Crippen LogP contribution in [0.1, 0.15) is 70.6 Å². The smallest absolute Gasteiger partial charge is 0.217 e. The molecule has 1 aromatic carbocycles. The number of halogens is 1. The number of carbonyl (C=O) groups is 2. The summed E-state index contributed by atoms with van der Waals surface area (Å²) in [5, 5.41) is 0. The molecule has 4 bridgehead atoms. The lowest BCUT2D eigenvalue weighted by molar-refractivity contribution is -0.135. The Labute approximate surface area is 195 Å². The molecule has 33 heavy (non-hydrogen) atoms. The number of Topliss-reactive ketones (excluding diaryl/α,β-unsaturated/α-hetero) is 1. The number of carbonyl (C=O) groups excluding carboxylic acids is 2. The maximum absolute atomic E-state index is 14.0. The lowest BCUT2D eigenvalue weighted by Gasteiger charge is -2.60. The number of amides is 1. The van der Waals surface area contributed by atoms with Gasteiger partial charge in [-0.05, 0) is 99.0 Å². The number of hydrogen-bond acceptors (Lipinski definition) is 4. The van der Waals surface area contributed by atoms with Crippen LogP contribution in [0.4, 0.5) is 4.39 Å². The van der Waals surface area contributed by atoms with Crippen LogP contribution in [0, 0.1) is 40.3 Å². The Morgan fingerprint density at radius 1 is 1.03 bits per heavy atom. The van der Waals surface area contributed by atoms with Gasteiger partial charge >= 0.3 is 0 Å². The highest BCUT2D eigenvalue weighted by Crippen LogP contribution is 2.65. The Bertz CT molecular complexity index is 1050. The third-order valence-corrected chi connectivity index (χ3v) is 11.1. The van der Waals surface area contributed by atoms with Crippen LogP contribution in [0.15, 0.2) is 29.2 Å². The summed E-state index contributed by atoms with van der Waals surface area (Å²) in [6.07, 6.45) is 9.41. The van der Waals surface area contributed by atoms with Gasteiger partial charge in [0.15, 0.2) is 9.84 Å². The maximum Gasteiger partial charge on any atom is 0.217 e. The Hall–Kier alpha value is -1.76. The molecule has 5 fully saturated rings. The van der Waals surface area contributed by atoms with Crippen molar-refractivity contribution < 1.29 is 22.4 Å². The molecule has 2 N–H and O–H groups in total. The van der Waals surface area contributed by atoms with E-state index in [-0.39, 0.29) is 34.2 Å². The minimum Gasteiger partial charge on any atom is -0.370 e. The fraction of sp³-hybridized carbons (Fsp3) is 0.692. The standard InChI is InChI=1S/C26H34FNO4S/c27-21-3-1-2-4-22(21)33(31,32)10-9-26(7-8-26)23(29)13-20-18-11-17-12-19(20)16-25(14-17,15-18)6-5-24(28)30/h1-4,17-20H,5-16H2,(H2,28,30). The molecule has 6 rings (SSSR count). The zero-order valence-electron chi connectivity index (χ0n) is 19.1. The first-order valence-electron chi connectivity index (χ1n) is 12.4. The number of ketones is 1. The zero-order chi connectivity index (χ0) is 23.4. The van der Waals surface area contributed by atoms with Crippen molar-refractivity contribution in [3.8, 4) is 0 Å². The van der Waals surface area contributed by atoms with E-state index in [2.05, 4.69) is 0 Å². The van der Waals surface area contributed by atoms with Crippen molar-refractivity contribution in [3.63, 3.8) is 0 Å². The van der Waals surface area contributed by atoms with Gasteiger partial charge in [-0.3, -0.25) is 9.59 Å². The van der Waals surface area contributed by atoms with E-state index in [1.165, 1.54) is 37.5 Å². The average molecular weight is 476 g/mol. The van der Waals surface area contributed by atoms with Gasteiger partial charge in [-0.1, -0.05) is 12.1 Å². The quantitative estimate of drug-likeness (QED) is 0.541. The van der Waals surface area contributed by atoms with Gasteiger partial charge in [0.25, 0.3) is 0 Å². The van der Waals surface area contributed by atoms with E-state index < -0.39 is 21.1 Å². The van der Waals surface area contributed by atoms with Crippen LogP contribution in [0.25, 0.3) is 0 Å². The number of primary amides is 1. The third kappa shape index (κ3) is 4.38. The summed E-state index contributed by atoms with van der Waals surface area (Å²) >= 11 is 0. The number of nitrogens with two attached hydrogens (primary N) is 1. The summed E-state index contributed by atoms with van der Waals surface area (Å²) in [6.45, 7) is 0. The van der Waals surface area contributed by atoms with Crippen molar-refractivity contribution in [1.82, 2.24) is 0 Å². The second-order valence-corrected chi connectivity index (χ2v) is 13.6. The van der Waals surface area contributed by atoms with Crippen molar-refractivity contribution in [3.05, 3.63) is 30.1 Å². The lowest BCUT2D eigenvalue weighted by Crippen LogP contribution is -2.51. The molecule has 0 saturated heterocycles. The minimum atomic E-state index is -3.75. The van der Waals surface area contributed by atoms with E-state index in [9.17, 15) is 22.4 Å². The number of benzene rings is 1. The summed E-state index contributed by atoms with van der Waals surface area (Å²) in [4.78, 5) is 24.5. The molecule has 2 unspecified atom stereocenters. The molecule has 1 amide bonds. The van der Waals surface area contributed by atoms with Gasteiger partial charge in [-0.25, -0.2) is 12.8 Å². The van der Waals surface area contributed by atoms with Gasteiger partial charge in [-0.15, -0.1) is 0 Å². The van der Waals surface area contributed by atoms with Gasteiger partial charge in [0.2, 0.25) is 5.91 Å². The largest absolute Gasteiger partial charge is 0.370 e. The molecule has 5 saturated carbocycles. The van der Waals surface area contributed by atoms with E-state index in [0.717, 1.165) is 38.2 Å². The Morgan fingerprint density at radius 2 is 1.70 bits per heavy atom. The SMILES string of the molecule is NC(=O)CCC12CC3CC(C1)C(CC(=O)C1(CCS(=O)(=O)c4ccccc4F)CC1)C(C3)C2. The predicted octanol–water partition coefficient (Wildman–Crippen LogP) is 4.44. The van der Waals surface area contributed by atoms with Crippen molar-refractivity contribution in [2.24, 2.45) is 40.2 Å². The molecule has 0 aromatic heterocycles. The molecule has 5 aliphatic carbocycles. The van der Waals surface area contributed by atoms with Crippen LogP contribution >= 0.6 is 0 Å². The van der Waals surface area contributed by atoms with E-state index in [4.69, 9.17) is 5.73 Å². The third-order valence-electron chi connectivity index (χ3n) is 9.38. The van der Waals surface area contributed by atoms with Crippen LogP contribution in [-0.2, 0) is 19.4 Å². The van der Waals surface area contributed by atoms with Gasteiger partial charge in [-0.2, -0.15) is 0 Å². The van der Waals surface area contributed by atoms with E-state index in [1.54, 1.807) is 0 Å². The van der Waals surface area contributed by atoms with Gasteiger partial charge in [0.1, 0.15) is 16.5 Å². The summed E-state index contributed by atoms with van der Waals surface area (Å²) in [6, 6.07) is 5.46. The van der Waals surface area contributed by atoms with Crippen LogP contribution in [0.2, 0.25) is 0 Å². The number of sulfone groups is 1. The Balaban J connectivity index is 1.22. The Morgan fingerprint density at radius 3 is 2.30 bits per heavy atom. The number of rotatable bonds is 10. The highest BCUT2D eigenvalue weighted by Gasteiger charge is 2.57. The van der Waals surface area contributed by atoms with Crippen molar-refractivity contribution in [2.45, 2.75) is 75.5 Å².